The summed E-state index contributed by atoms with van der Waals surface area (Å²) >= 11 is 8.27. The predicted octanol–water partition coefficient (Wildman–Crippen LogP) is 0.625. The van der Waals surface area contributed by atoms with Crippen LogP contribution in [0, 0.1) is 6.92 Å². The summed E-state index contributed by atoms with van der Waals surface area (Å²) in [6.45, 7) is 4.09. The third-order valence-corrected chi connectivity index (χ3v) is 0.579. The van der Waals surface area contributed by atoms with Gasteiger partial charge in [0.2, 0.25) is 0 Å². The Hall–Kier alpha value is 0.240. The second-order valence-corrected chi connectivity index (χ2v) is 1.89. The van der Waals surface area contributed by atoms with E-state index in [0.29, 0.717) is 10.9 Å². The fraction of sp³-hybridized carbons (Fsp3) is 0.333. The van der Waals surface area contributed by atoms with Gasteiger partial charge < -0.3 is 5.32 Å². The zero-order chi connectivity index (χ0) is 4.99. The van der Waals surface area contributed by atoms with Gasteiger partial charge in [-0.25, -0.2) is 0 Å². The molecule has 0 bridgehead atoms. The van der Waals surface area contributed by atoms with Gasteiger partial charge in [-0.2, -0.15) is 0 Å². The average Bonchev–Trinajstić information content (AvgIpc) is 1.35. The largest absolute Gasteiger partial charge is 0.371 e. The van der Waals surface area contributed by atoms with Crippen LogP contribution in [0.1, 0.15) is 0 Å². The minimum absolute atomic E-state index is 0.505. The molecule has 0 aromatic rings. The highest BCUT2D eigenvalue weighted by Crippen LogP contribution is 1.72. The number of thiocarbonyl (C=S) groups is 1. The Balaban J connectivity index is 2.83. The van der Waals surface area contributed by atoms with Gasteiger partial charge in [-0.05, 0) is 6.92 Å². The molecule has 0 unspecified atom stereocenters. The summed E-state index contributed by atoms with van der Waals surface area (Å²) in [6, 6.07) is 0. The topological polar surface area (TPSA) is 12.0 Å². The molecule has 0 saturated carbocycles. The van der Waals surface area contributed by atoms with Crippen LogP contribution in [-0.4, -0.2) is 10.9 Å². The average molecular weight is 120 g/mol. The lowest BCUT2D eigenvalue weighted by molar-refractivity contribution is 1.08. The zero-order valence-electron chi connectivity index (χ0n) is 3.27. The van der Waals surface area contributed by atoms with E-state index in [9.17, 15) is 0 Å². The van der Waals surface area contributed by atoms with Gasteiger partial charge in [-0.3, -0.25) is 0 Å². The van der Waals surface area contributed by atoms with E-state index in [1.165, 1.54) is 0 Å². The maximum Gasteiger partial charge on any atom is 0.130 e. The third kappa shape index (κ3) is 4.24. The minimum atomic E-state index is 0.505. The van der Waals surface area contributed by atoms with E-state index in [4.69, 9.17) is 0 Å². The Kier molecular flexibility index (Phi) is 3.57. The fourth-order valence-electron chi connectivity index (χ4n) is 0.107. The first kappa shape index (κ1) is 6.24. The summed E-state index contributed by atoms with van der Waals surface area (Å²) in [5.74, 6) is 0. The molecule has 0 aromatic heterocycles. The van der Waals surface area contributed by atoms with Crippen molar-refractivity contribution in [3.8, 4) is 0 Å². The maximum absolute atomic E-state index is 4.51. The first-order chi connectivity index (χ1) is 2.77. The van der Waals surface area contributed by atoms with Gasteiger partial charge in [0.1, 0.15) is 4.32 Å². The maximum atomic E-state index is 4.51. The highest BCUT2D eigenvalue weighted by molar-refractivity contribution is 8.11. The van der Waals surface area contributed by atoms with Crippen LogP contribution < -0.4 is 5.32 Å². The molecular weight excluding hydrogens is 114 g/mol. The fourth-order valence-corrected chi connectivity index (χ4v) is 0.321. The van der Waals surface area contributed by atoms with Crippen molar-refractivity contribution in [1.82, 2.24) is 5.32 Å². The highest BCUT2D eigenvalue weighted by Gasteiger charge is 1.75. The van der Waals surface area contributed by atoms with Gasteiger partial charge in [0.15, 0.2) is 0 Å². The zero-order valence-corrected chi connectivity index (χ0v) is 4.98. The van der Waals surface area contributed by atoms with Crippen molar-refractivity contribution in [1.29, 1.82) is 0 Å². The van der Waals surface area contributed by atoms with Gasteiger partial charge in [-0.1, -0.05) is 12.2 Å². The second-order valence-electron chi connectivity index (χ2n) is 0.732. The van der Waals surface area contributed by atoms with E-state index < -0.39 is 0 Å². The number of nitrogens with one attached hydrogen (secondary N) is 1. The van der Waals surface area contributed by atoms with Crippen LogP contribution in [0.15, 0.2) is 0 Å². The molecule has 0 aliphatic carbocycles. The van der Waals surface area contributed by atoms with Crippen LogP contribution in [0.3, 0.4) is 0 Å². The Morgan fingerprint density at radius 2 is 2.50 bits per heavy atom. The van der Waals surface area contributed by atoms with E-state index in [0.717, 1.165) is 0 Å². The van der Waals surface area contributed by atoms with E-state index in [-0.39, 0.29) is 0 Å². The molecule has 0 amide bonds. The lowest BCUT2D eigenvalue weighted by Crippen LogP contribution is -2.14. The summed E-state index contributed by atoms with van der Waals surface area (Å²) in [4.78, 5) is 0. The van der Waals surface area contributed by atoms with Crippen molar-refractivity contribution >= 4 is 29.2 Å². The minimum Gasteiger partial charge on any atom is -0.371 e. The van der Waals surface area contributed by atoms with Gasteiger partial charge >= 0.3 is 0 Å². The summed E-state index contributed by atoms with van der Waals surface area (Å²) < 4.78 is 0.505. The lowest BCUT2D eigenvalue weighted by Gasteiger charge is -1.91. The molecule has 6 heavy (non-hydrogen) atoms. The van der Waals surface area contributed by atoms with Crippen LogP contribution >= 0.6 is 24.8 Å². The molecule has 35 valence electrons. The normalized spacial score (nSPS) is 7.67. The van der Waals surface area contributed by atoms with Crippen LogP contribution in [0.2, 0.25) is 0 Å². The standard InChI is InChI=1S/C3H6NS2/c1-2-4-3(5)6/h1-2H2,(H2,4,5,6). The quantitative estimate of drug-likeness (QED) is 0.389. The summed E-state index contributed by atoms with van der Waals surface area (Å²) in [6.07, 6.45) is 0. The molecule has 1 radical (unpaired) electrons. The number of rotatable bonds is 1. The van der Waals surface area contributed by atoms with E-state index >= 15 is 0 Å². The first-order valence-electron chi connectivity index (χ1n) is 1.53. The molecule has 1 nitrogen and oxygen atoms in total. The number of thiol groups is 1. The molecule has 0 aliphatic heterocycles. The molecule has 0 saturated heterocycles. The van der Waals surface area contributed by atoms with E-state index in [1.807, 2.05) is 0 Å². The van der Waals surface area contributed by atoms with E-state index in [2.05, 4.69) is 37.1 Å². The van der Waals surface area contributed by atoms with E-state index in [1.54, 1.807) is 0 Å². The predicted molar refractivity (Wildman–Crippen MR) is 34.9 cm³/mol. The molecule has 0 aliphatic rings. The van der Waals surface area contributed by atoms with Crippen LogP contribution in [-0.2, 0) is 0 Å². The van der Waals surface area contributed by atoms with Gasteiger partial charge in [0.25, 0.3) is 0 Å². The van der Waals surface area contributed by atoms with Gasteiger partial charge in [-0.15, -0.1) is 12.6 Å². The molecule has 0 fully saturated rings. The highest BCUT2D eigenvalue weighted by atomic mass is 32.1. The Morgan fingerprint density at radius 3 is 2.50 bits per heavy atom. The SMILES string of the molecule is [CH2]CNC(=S)S. The molecule has 1 N–H and O–H groups in total. The Morgan fingerprint density at radius 1 is 2.00 bits per heavy atom. The molecule has 0 spiro atoms. The van der Waals surface area contributed by atoms with Crippen molar-refractivity contribution in [3.63, 3.8) is 0 Å². The van der Waals surface area contributed by atoms with Gasteiger partial charge in [0, 0.05) is 6.54 Å². The number of hydrogen-bond donors (Lipinski definition) is 2. The lowest BCUT2D eigenvalue weighted by atomic mass is 10.8. The van der Waals surface area contributed by atoms with Crippen molar-refractivity contribution < 1.29 is 0 Å². The molecule has 0 heterocycles. The van der Waals surface area contributed by atoms with Crippen LogP contribution in [0.4, 0.5) is 0 Å². The summed E-state index contributed by atoms with van der Waals surface area (Å²) in [7, 11) is 0. The Bertz CT molecular complexity index is 52.8. The van der Waals surface area contributed by atoms with Crippen molar-refractivity contribution in [2.45, 2.75) is 0 Å². The Labute approximate surface area is 48.5 Å². The number of hydrogen-bond acceptors (Lipinski definition) is 1. The van der Waals surface area contributed by atoms with Gasteiger partial charge in [0.05, 0.1) is 0 Å². The first-order valence-corrected chi connectivity index (χ1v) is 2.39. The molecule has 0 rings (SSSR count). The third-order valence-electron chi connectivity index (χ3n) is 0.276. The van der Waals surface area contributed by atoms with Crippen molar-refractivity contribution in [2.75, 3.05) is 6.54 Å². The molecule has 3 heteroatoms. The molecule has 0 atom stereocenters. The monoisotopic (exact) mass is 120 g/mol. The van der Waals surface area contributed by atoms with Crippen LogP contribution in [0.5, 0.6) is 0 Å². The second kappa shape index (κ2) is 3.43. The summed E-state index contributed by atoms with van der Waals surface area (Å²) in [5, 5.41) is 2.69. The van der Waals surface area contributed by atoms with Crippen LogP contribution in [0.25, 0.3) is 0 Å². The summed E-state index contributed by atoms with van der Waals surface area (Å²) in [5.41, 5.74) is 0. The molecule has 0 aromatic carbocycles. The molecular formula is C3H6NS2. The van der Waals surface area contributed by atoms with Crippen molar-refractivity contribution in [2.24, 2.45) is 0 Å². The van der Waals surface area contributed by atoms with Crippen molar-refractivity contribution in [3.05, 3.63) is 6.92 Å². The smallest absolute Gasteiger partial charge is 0.130 e.